The third-order valence-corrected chi connectivity index (χ3v) is 3.12. The first-order valence-corrected chi connectivity index (χ1v) is 6.52. The van der Waals surface area contributed by atoms with Crippen LogP contribution in [-0.2, 0) is 9.63 Å². The Bertz CT molecular complexity index is 613. The van der Waals surface area contributed by atoms with Crippen molar-refractivity contribution in [1.82, 2.24) is 5.16 Å². The van der Waals surface area contributed by atoms with Crippen molar-refractivity contribution in [2.45, 2.75) is 34.1 Å². The Kier molecular flexibility index (Phi) is 4.08. The summed E-state index contributed by atoms with van der Waals surface area (Å²) in [5.41, 5.74) is 7.23. The lowest BCUT2D eigenvalue weighted by Crippen LogP contribution is -2.09. The molecule has 2 aromatic rings. The summed E-state index contributed by atoms with van der Waals surface area (Å²) < 4.78 is 5.18. The number of nitrogens with one attached hydrogen (secondary N) is 1. The predicted octanol–water partition coefficient (Wildman–Crippen LogP) is 3.55. The van der Waals surface area contributed by atoms with E-state index in [0.717, 1.165) is 33.8 Å². The zero-order valence-electron chi connectivity index (χ0n) is 12.1. The summed E-state index contributed by atoms with van der Waals surface area (Å²) in [7, 11) is 0. The number of rotatable bonds is 4. The van der Waals surface area contributed by atoms with E-state index in [1.165, 1.54) is 0 Å². The summed E-state index contributed by atoms with van der Waals surface area (Å²) in [5, 5.41) is 3.95. The monoisotopic (exact) mass is 274 g/mol. The number of aryl methyl sites for hydroxylation is 3. The topological polar surface area (TPSA) is 64.4 Å². The van der Waals surface area contributed by atoms with Crippen molar-refractivity contribution >= 4 is 11.7 Å². The van der Waals surface area contributed by atoms with E-state index < -0.39 is 0 Å². The number of hydrogen-bond donors (Lipinski definition) is 1. The van der Waals surface area contributed by atoms with Gasteiger partial charge in [0.2, 0.25) is 0 Å². The molecule has 5 heteroatoms. The lowest BCUT2D eigenvalue weighted by molar-refractivity contribution is -0.140. The van der Waals surface area contributed by atoms with Crippen LogP contribution in [0.2, 0.25) is 0 Å². The molecular formula is C15H18N2O3. The number of nitrogens with zero attached hydrogens (tertiary/aromatic N) is 1. The maximum absolute atomic E-state index is 11.2. The fraction of sp³-hybridized carbons (Fsp3) is 0.333. The fourth-order valence-corrected chi connectivity index (χ4v) is 1.97. The van der Waals surface area contributed by atoms with E-state index in [4.69, 9.17) is 9.36 Å². The average molecular weight is 274 g/mol. The smallest absolute Gasteiger partial charge is 0.331 e. The van der Waals surface area contributed by atoms with Crippen molar-refractivity contribution in [3.05, 3.63) is 35.2 Å². The van der Waals surface area contributed by atoms with Crippen molar-refractivity contribution in [1.29, 1.82) is 0 Å². The zero-order chi connectivity index (χ0) is 14.7. The summed E-state index contributed by atoms with van der Waals surface area (Å²) >= 11 is 0. The normalized spacial score (nSPS) is 10.4. The Morgan fingerprint density at radius 3 is 2.70 bits per heavy atom. The predicted molar refractivity (Wildman–Crippen MR) is 76.2 cm³/mol. The van der Waals surface area contributed by atoms with E-state index in [1.54, 1.807) is 6.92 Å². The Morgan fingerprint density at radius 2 is 2.10 bits per heavy atom. The molecule has 0 bridgehead atoms. The summed E-state index contributed by atoms with van der Waals surface area (Å²) in [6.45, 7) is 7.46. The van der Waals surface area contributed by atoms with Crippen LogP contribution in [0.1, 0.15) is 30.4 Å². The highest BCUT2D eigenvalue weighted by Gasteiger charge is 2.13. The quantitative estimate of drug-likeness (QED) is 0.864. The molecule has 0 unspecified atom stereocenters. The van der Waals surface area contributed by atoms with Gasteiger partial charge in [-0.05, 0) is 38.0 Å². The van der Waals surface area contributed by atoms with E-state index in [-0.39, 0.29) is 5.97 Å². The molecule has 1 aromatic heterocycles. The zero-order valence-corrected chi connectivity index (χ0v) is 12.1. The molecule has 0 aliphatic rings. The number of carbonyl (C=O) groups excluding carboxylic acids is 1. The van der Waals surface area contributed by atoms with Crippen LogP contribution in [0.15, 0.2) is 22.7 Å². The molecular weight excluding hydrogens is 256 g/mol. The van der Waals surface area contributed by atoms with Crippen molar-refractivity contribution in [2.24, 2.45) is 0 Å². The van der Waals surface area contributed by atoms with Gasteiger partial charge < -0.3 is 9.36 Å². The number of benzene rings is 1. The molecule has 0 aliphatic heterocycles. The van der Waals surface area contributed by atoms with Crippen LogP contribution in [0, 0.1) is 20.8 Å². The van der Waals surface area contributed by atoms with E-state index in [1.807, 2.05) is 39.0 Å². The van der Waals surface area contributed by atoms with Gasteiger partial charge in [-0.3, -0.25) is 0 Å². The molecule has 20 heavy (non-hydrogen) atoms. The summed E-state index contributed by atoms with van der Waals surface area (Å²) in [6, 6.07) is 5.88. The van der Waals surface area contributed by atoms with Crippen LogP contribution in [0.4, 0.5) is 5.69 Å². The standard InChI is InChI=1S/C15H18N2O3/c1-5-14(18)20-17-13-8-12(7-6-9(13)2)15-10(3)16-19-11(15)4/h6-8,17H,5H2,1-4H3. The second-order valence-corrected chi connectivity index (χ2v) is 4.66. The first-order chi connectivity index (χ1) is 9.52. The largest absolute Gasteiger partial charge is 0.361 e. The molecule has 0 saturated carbocycles. The Hall–Kier alpha value is -2.30. The highest BCUT2D eigenvalue weighted by atomic mass is 16.7. The fourth-order valence-electron chi connectivity index (χ4n) is 1.97. The molecule has 0 fully saturated rings. The maximum atomic E-state index is 11.2. The molecule has 5 nitrogen and oxygen atoms in total. The van der Waals surface area contributed by atoms with Crippen molar-refractivity contribution in [2.75, 3.05) is 5.48 Å². The van der Waals surface area contributed by atoms with Gasteiger partial charge in [0.15, 0.2) is 0 Å². The Morgan fingerprint density at radius 1 is 1.35 bits per heavy atom. The maximum Gasteiger partial charge on any atom is 0.331 e. The van der Waals surface area contributed by atoms with E-state index >= 15 is 0 Å². The first-order valence-electron chi connectivity index (χ1n) is 6.52. The van der Waals surface area contributed by atoms with Crippen molar-refractivity contribution in [3.63, 3.8) is 0 Å². The van der Waals surface area contributed by atoms with Crippen molar-refractivity contribution in [3.8, 4) is 11.1 Å². The van der Waals surface area contributed by atoms with Gasteiger partial charge in [0.1, 0.15) is 5.76 Å². The Labute approximate surface area is 117 Å². The minimum Gasteiger partial charge on any atom is -0.361 e. The van der Waals surface area contributed by atoms with Gasteiger partial charge in [0.25, 0.3) is 0 Å². The molecule has 0 atom stereocenters. The SMILES string of the molecule is CCC(=O)ONc1cc(-c2c(C)noc2C)ccc1C. The molecule has 0 saturated heterocycles. The molecule has 1 N–H and O–H groups in total. The first kappa shape index (κ1) is 14.1. The van der Waals surface area contributed by atoms with Crippen LogP contribution in [0.3, 0.4) is 0 Å². The van der Waals surface area contributed by atoms with E-state index in [9.17, 15) is 4.79 Å². The summed E-state index contributed by atoms with van der Waals surface area (Å²) in [4.78, 5) is 16.2. The molecule has 0 radical (unpaired) electrons. The van der Waals surface area contributed by atoms with Gasteiger partial charge in [-0.15, -0.1) is 0 Å². The third-order valence-electron chi connectivity index (χ3n) is 3.12. The second kappa shape index (κ2) is 5.77. The summed E-state index contributed by atoms with van der Waals surface area (Å²) in [6.07, 6.45) is 0.329. The number of aromatic nitrogens is 1. The van der Waals surface area contributed by atoms with Gasteiger partial charge in [-0.1, -0.05) is 24.2 Å². The van der Waals surface area contributed by atoms with Gasteiger partial charge in [0, 0.05) is 12.0 Å². The van der Waals surface area contributed by atoms with E-state index in [2.05, 4.69) is 10.6 Å². The number of anilines is 1. The summed E-state index contributed by atoms with van der Waals surface area (Å²) in [5.74, 6) is 0.468. The van der Waals surface area contributed by atoms with E-state index in [0.29, 0.717) is 6.42 Å². The minimum absolute atomic E-state index is 0.299. The molecule has 0 amide bonds. The lowest BCUT2D eigenvalue weighted by Gasteiger charge is -2.11. The molecule has 106 valence electrons. The molecule has 0 aliphatic carbocycles. The van der Waals surface area contributed by atoms with Crippen LogP contribution < -0.4 is 5.48 Å². The van der Waals surface area contributed by atoms with Crippen LogP contribution >= 0.6 is 0 Å². The minimum atomic E-state index is -0.299. The molecule has 1 aromatic carbocycles. The van der Waals surface area contributed by atoms with Gasteiger partial charge in [-0.2, -0.15) is 0 Å². The highest BCUT2D eigenvalue weighted by molar-refractivity contribution is 5.74. The van der Waals surface area contributed by atoms with Gasteiger partial charge in [-0.25, -0.2) is 10.3 Å². The van der Waals surface area contributed by atoms with Crippen LogP contribution in [-0.4, -0.2) is 11.1 Å². The third kappa shape index (κ3) is 2.82. The van der Waals surface area contributed by atoms with Crippen LogP contribution in [0.25, 0.3) is 11.1 Å². The molecule has 0 spiro atoms. The average Bonchev–Trinajstić information content (AvgIpc) is 2.77. The van der Waals surface area contributed by atoms with Gasteiger partial charge in [0.05, 0.1) is 11.4 Å². The number of hydrogen-bond acceptors (Lipinski definition) is 5. The lowest BCUT2D eigenvalue weighted by atomic mass is 10.0. The number of carbonyl (C=O) groups is 1. The van der Waals surface area contributed by atoms with Crippen LogP contribution in [0.5, 0.6) is 0 Å². The molecule has 1 heterocycles. The molecule has 2 rings (SSSR count). The Balaban J connectivity index is 2.31. The van der Waals surface area contributed by atoms with Gasteiger partial charge >= 0.3 is 5.97 Å². The highest BCUT2D eigenvalue weighted by Crippen LogP contribution is 2.30. The van der Waals surface area contributed by atoms with Crippen molar-refractivity contribution < 1.29 is 14.2 Å². The second-order valence-electron chi connectivity index (χ2n) is 4.66.